The molecule has 0 aliphatic carbocycles. The highest BCUT2D eigenvalue weighted by Crippen LogP contribution is 2.44. The Morgan fingerprint density at radius 3 is 1.98 bits per heavy atom. The van der Waals surface area contributed by atoms with Crippen molar-refractivity contribution in [1.29, 1.82) is 0 Å². The summed E-state index contributed by atoms with van der Waals surface area (Å²) in [5.41, 5.74) is 1.65. The lowest BCUT2D eigenvalue weighted by Crippen LogP contribution is -2.74. The number of aliphatic hydroxyl groups is 1. The summed E-state index contributed by atoms with van der Waals surface area (Å²) < 4.78 is 6.13. The van der Waals surface area contributed by atoms with Gasteiger partial charge >= 0.3 is 5.97 Å². The zero-order valence-electron chi connectivity index (χ0n) is 26.0. The summed E-state index contributed by atoms with van der Waals surface area (Å²) in [6, 6.07) is 40.0. The molecule has 0 spiro atoms. The zero-order valence-corrected chi connectivity index (χ0v) is 26.0. The van der Waals surface area contributed by atoms with E-state index in [1.54, 1.807) is 35.2 Å². The van der Waals surface area contributed by atoms with Gasteiger partial charge in [-0.15, -0.1) is 0 Å². The van der Waals surface area contributed by atoms with Crippen LogP contribution in [0, 0.1) is 5.92 Å². The van der Waals surface area contributed by atoms with Crippen molar-refractivity contribution in [3.8, 4) is 0 Å². The van der Waals surface area contributed by atoms with Gasteiger partial charge in [0.1, 0.15) is 6.04 Å². The standard InChI is InChI=1S/C40H36N2O5/c1-26-25-42-36(40(26,46)24-27-21-22-28-13-11-12-20-32(28)23-27)34(38(42)44)41-37(43)33(29-14-5-2-6-15-29)39(45)47-35(30-16-7-3-8-17-30)31-18-9-4-10-19-31/h2-23,26,33-36,46H,24-25H2,1H3,(H,41,43)/t26?,33?,34?,36-,40?/m0/s1. The SMILES string of the molecule is CC1CN2C(=O)C(NC(=O)C(C(=O)OC(c3ccccc3)c3ccccc3)c3ccccc3)[C@H]2C1(O)Cc1ccc2ccccc2c1. The van der Waals surface area contributed by atoms with Gasteiger partial charge in [0.25, 0.3) is 0 Å². The van der Waals surface area contributed by atoms with E-state index in [1.165, 1.54) is 0 Å². The summed E-state index contributed by atoms with van der Waals surface area (Å²) in [5.74, 6) is -3.21. The molecule has 0 aromatic heterocycles. The minimum atomic E-state index is -1.33. The molecular weight excluding hydrogens is 588 g/mol. The van der Waals surface area contributed by atoms with Crippen LogP contribution in [0.3, 0.4) is 0 Å². The Morgan fingerprint density at radius 1 is 0.809 bits per heavy atom. The van der Waals surface area contributed by atoms with Crippen LogP contribution in [0.25, 0.3) is 10.8 Å². The average Bonchev–Trinajstić information content (AvgIpc) is 3.33. The van der Waals surface area contributed by atoms with Crippen molar-refractivity contribution in [3.63, 3.8) is 0 Å². The topological polar surface area (TPSA) is 95.9 Å². The minimum absolute atomic E-state index is 0.225. The Bertz CT molecular complexity index is 1880. The van der Waals surface area contributed by atoms with Gasteiger partial charge in [0.05, 0.1) is 11.6 Å². The molecular formula is C40H36N2O5. The van der Waals surface area contributed by atoms with Crippen molar-refractivity contribution in [1.82, 2.24) is 10.2 Å². The van der Waals surface area contributed by atoms with Crippen molar-refractivity contribution in [2.24, 2.45) is 5.92 Å². The number of benzene rings is 5. The lowest BCUT2D eigenvalue weighted by molar-refractivity contribution is -0.162. The van der Waals surface area contributed by atoms with Crippen LogP contribution in [0.5, 0.6) is 0 Å². The molecule has 0 saturated carbocycles. The second kappa shape index (κ2) is 12.5. The molecule has 7 heteroatoms. The molecule has 2 fully saturated rings. The molecule has 236 valence electrons. The average molecular weight is 625 g/mol. The van der Waals surface area contributed by atoms with E-state index >= 15 is 0 Å². The van der Waals surface area contributed by atoms with E-state index in [-0.39, 0.29) is 11.8 Å². The Balaban J connectivity index is 1.15. The first kappa shape index (κ1) is 30.4. The molecule has 2 N–H and O–H groups in total. The summed E-state index contributed by atoms with van der Waals surface area (Å²) in [4.78, 5) is 43.2. The molecule has 2 amide bonds. The van der Waals surface area contributed by atoms with Crippen LogP contribution < -0.4 is 5.32 Å². The van der Waals surface area contributed by atoms with E-state index in [1.807, 2.05) is 104 Å². The molecule has 47 heavy (non-hydrogen) atoms. The van der Waals surface area contributed by atoms with Gasteiger partial charge in [-0.05, 0) is 33.0 Å². The fraction of sp³-hybridized carbons (Fsp3) is 0.225. The number of nitrogens with one attached hydrogen (secondary N) is 1. The predicted molar refractivity (Wildman–Crippen MR) is 179 cm³/mol. The zero-order chi connectivity index (χ0) is 32.5. The molecule has 5 atom stereocenters. The van der Waals surface area contributed by atoms with Crippen molar-refractivity contribution in [2.75, 3.05) is 6.54 Å². The normalized spacial score (nSPS) is 22.4. The van der Waals surface area contributed by atoms with Crippen LogP contribution in [0.15, 0.2) is 133 Å². The maximum Gasteiger partial charge on any atom is 0.324 e. The number of amides is 2. The van der Waals surface area contributed by atoms with Crippen LogP contribution in [-0.2, 0) is 25.5 Å². The minimum Gasteiger partial charge on any atom is -0.452 e. The maximum atomic E-state index is 14.1. The Labute approximate surface area is 273 Å². The number of nitrogens with zero attached hydrogens (tertiary/aromatic N) is 1. The third-order valence-electron chi connectivity index (χ3n) is 9.71. The second-order valence-corrected chi connectivity index (χ2v) is 12.7. The van der Waals surface area contributed by atoms with E-state index in [2.05, 4.69) is 11.4 Å². The van der Waals surface area contributed by atoms with E-state index in [0.717, 1.165) is 27.5 Å². The highest BCUT2D eigenvalue weighted by Gasteiger charge is 2.65. The lowest BCUT2D eigenvalue weighted by Gasteiger charge is -2.48. The van der Waals surface area contributed by atoms with Crippen LogP contribution in [-0.4, -0.2) is 52.0 Å². The summed E-state index contributed by atoms with van der Waals surface area (Å²) in [7, 11) is 0. The third kappa shape index (κ3) is 5.68. The van der Waals surface area contributed by atoms with Gasteiger partial charge in [-0.25, -0.2) is 0 Å². The van der Waals surface area contributed by atoms with Crippen molar-refractivity contribution >= 4 is 28.6 Å². The molecule has 0 radical (unpaired) electrons. The maximum absolute atomic E-state index is 14.1. The fourth-order valence-electron chi connectivity index (χ4n) is 7.20. The smallest absolute Gasteiger partial charge is 0.324 e. The number of carbonyl (C=O) groups is 3. The number of carbonyl (C=O) groups excluding carboxylic acids is 3. The number of rotatable bonds is 9. The quantitative estimate of drug-likeness (QED) is 0.127. The van der Waals surface area contributed by atoms with Gasteiger partial charge < -0.3 is 20.1 Å². The summed E-state index contributed by atoms with van der Waals surface area (Å²) >= 11 is 0. The second-order valence-electron chi connectivity index (χ2n) is 12.7. The molecule has 5 aromatic rings. The highest BCUT2D eigenvalue weighted by molar-refractivity contribution is 6.06. The van der Waals surface area contributed by atoms with Gasteiger partial charge in [-0.3, -0.25) is 14.4 Å². The molecule has 2 saturated heterocycles. The molecule has 2 aliphatic rings. The van der Waals surface area contributed by atoms with Gasteiger partial charge in [0.2, 0.25) is 11.8 Å². The van der Waals surface area contributed by atoms with Crippen molar-refractivity contribution in [2.45, 2.75) is 43.1 Å². The first-order valence-corrected chi connectivity index (χ1v) is 16.0. The molecule has 2 heterocycles. The summed E-state index contributed by atoms with van der Waals surface area (Å²) in [6.45, 7) is 2.32. The Kier molecular flexibility index (Phi) is 8.08. The van der Waals surface area contributed by atoms with Crippen LogP contribution in [0.4, 0.5) is 0 Å². The Hall–Kier alpha value is -5.27. The predicted octanol–water partition coefficient (Wildman–Crippen LogP) is 5.58. The molecule has 2 aliphatic heterocycles. The van der Waals surface area contributed by atoms with Gasteiger partial charge in [0, 0.05) is 18.9 Å². The van der Waals surface area contributed by atoms with Crippen molar-refractivity contribution < 1.29 is 24.2 Å². The lowest BCUT2D eigenvalue weighted by atomic mass is 9.75. The number of esters is 1. The fourth-order valence-corrected chi connectivity index (χ4v) is 7.20. The van der Waals surface area contributed by atoms with E-state index in [9.17, 15) is 19.5 Å². The molecule has 7 nitrogen and oxygen atoms in total. The van der Waals surface area contributed by atoms with Crippen LogP contribution in [0.1, 0.15) is 41.2 Å². The molecule has 0 bridgehead atoms. The van der Waals surface area contributed by atoms with Crippen LogP contribution in [0.2, 0.25) is 0 Å². The summed E-state index contributed by atoms with van der Waals surface area (Å²) in [6.07, 6.45) is -0.424. The largest absolute Gasteiger partial charge is 0.452 e. The van der Waals surface area contributed by atoms with E-state index < -0.39 is 41.6 Å². The van der Waals surface area contributed by atoms with Crippen LogP contribution >= 0.6 is 0 Å². The first-order chi connectivity index (χ1) is 22.8. The number of ether oxygens (including phenoxy) is 1. The molecule has 4 unspecified atom stereocenters. The van der Waals surface area contributed by atoms with E-state index in [4.69, 9.17) is 4.74 Å². The van der Waals surface area contributed by atoms with Gasteiger partial charge in [0.15, 0.2) is 12.0 Å². The number of hydrogen-bond donors (Lipinski definition) is 2. The molecule has 7 rings (SSSR count). The summed E-state index contributed by atoms with van der Waals surface area (Å²) in [5, 5.41) is 17.2. The number of fused-ring (bicyclic) bond motifs is 2. The number of hydrogen-bond acceptors (Lipinski definition) is 5. The Morgan fingerprint density at radius 2 is 1.36 bits per heavy atom. The molecule has 5 aromatic carbocycles. The highest BCUT2D eigenvalue weighted by atomic mass is 16.5. The van der Waals surface area contributed by atoms with Gasteiger partial charge in [-0.2, -0.15) is 0 Å². The number of β-lactam (4-membered cyclic amide) rings is 1. The van der Waals surface area contributed by atoms with Crippen molar-refractivity contribution in [3.05, 3.63) is 156 Å². The third-order valence-corrected chi connectivity index (χ3v) is 9.71. The first-order valence-electron chi connectivity index (χ1n) is 16.0. The monoisotopic (exact) mass is 624 g/mol. The van der Waals surface area contributed by atoms with E-state index in [0.29, 0.717) is 18.5 Å². The van der Waals surface area contributed by atoms with Gasteiger partial charge in [-0.1, -0.05) is 140 Å².